The van der Waals surface area contributed by atoms with Gasteiger partial charge in [-0.1, -0.05) is 0 Å². The predicted octanol–water partition coefficient (Wildman–Crippen LogP) is 2.46. The van der Waals surface area contributed by atoms with Crippen LogP contribution in [0.25, 0.3) is 5.65 Å². The Kier molecular flexibility index (Phi) is 3.31. The quantitative estimate of drug-likeness (QED) is 0.727. The molecule has 22 heavy (non-hydrogen) atoms. The van der Waals surface area contributed by atoms with Crippen molar-refractivity contribution in [2.75, 3.05) is 18.0 Å². The summed E-state index contributed by atoms with van der Waals surface area (Å²) in [6, 6.07) is 6.10. The van der Waals surface area contributed by atoms with Crippen LogP contribution in [-0.2, 0) is 4.74 Å². The van der Waals surface area contributed by atoms with Gasteiger partial charge >= 0.3 is 0 Å². The van der Waals surface area contributed by atoms with E-state index < -0.39 is 0 Å². The first-order valence-corrected chi connectivity index (χ1v) is 8.26. The van der Waals surface area contributed by atoms with Crippen LogP contribution in [0, 0.1) is 6.92 Å². The van der Waals surface area contributed by atoms with E-state index in [-0.39, 0.29) is 12.2 Å². The maximum Gasteiger partial charge on any atom is 0.178 e. The minimum absolute atomic E-state index is 0.0921. The topological polar surface area (TPSA) is 55.5 Å². The number of hydrogen-bond acceptors (Lipinski definition) is 6. The molecule has 6 nitrogen and oxygen atoms in total. The Morgan fingerprint density at radius 3 is 2.95 bits per heavy atom. The zero-order chi connectivity index (χ0) is 15.1. The van der Waals surface area contributed by atoms with E-state index in [1.807, 2.05) is 19.1 Å². The SMILES string of the molecule is Cc1nnc2ccc(N3CC(C)OC(c4ccsc4)C3)nn12. The van der Waals surface area contributed by atoms with Crippen molar-refractivity contribution in [3.8, 4) is 0 Å². The van der Waals surface area contributed by atoms with Crippen molar-refractivity contribution >= 4 is 22.8 Å². The number of aryl methyl sites for hydroxylation is 1. The summed E-state index contributed by atoms with van der Waals surface area (Å²) in [5.74, 6) is 1.73. The van der Waals surface area contributed by atoms with E-state index in [1.54, 1.807) is 15.9 Å². The molecule has 2 atom stereocenters. The number of morpholine rings is 1. The summed E-state index contributed by atoms with van der Waals surface area (Å²) in [4.78, 5) is 2.27. The zero-order valence-corrected chi connectivity index (χ0v) is 13.3. The van der Waals surface area contributed by atoms with Crippen LogP contribution in [0.4, 0.5) is 5.82 Å². The second kappa shape index (κ2) is 5.33. The van der Waals surface area contributed by atoms with Gasteiger partial charge in [-0.3, -0.25) is 0 Å². The minimum Gasteiger partial charge on any atom is -0.367 e. The summed E-state index contributed by atoms with van der Waals surface area (Å²) in [7, 11) is 0. The van der Waals surface area contributed by atoms with E-state index in [4.69, 9.17) is 4.74 Å². The summed E-state index contributed by atoms with van der Waals surface area (Å²) in [6.45, 7) is 5.65. The van der Waals surface area contributed by atoms with E-state index in [0.29, 0.717) is 0 Å². The van der Waals surface area contributed by atoms with Gasteiger partial charge in [0, 0.05) is 13.1 Å². The molecule has 1 aliphatic heterocycles. The van der Waals surface area contributed by atoms with E-state index in [0.717, 1.165) is 30.4 Å². The van der Waals surface area contributed by atoms with Crippen LogP contribution in [0.3, 0.4) is 0 Å². The van der Waals surface area contributed by atoms with Gasteiger partial charge in [-0.25, -0.2) is 0 Å². The largest absolute Gasteiger partial charge is 0.367 e. The molecule has 1 fully saturated rings. The Morgan fingerprint density at radius 1 is 1.23 bits per heavy atom. The predicted molar refractivity (Wildman–Crippen MR) is 85.3 cm³/mol. The molecule has 1 saturated heterocycles. The van der Waals surface area contributed by atoms with Gasteiger partial charge in [-0.15, -0.1) is 15.3 Å². The highest BCUT2D eigenvalue weighted by molar-refractivity contribution is 7.07. The molecule has 1 aliphatic rings. The number of aromatic nitrogens is 4. The average Bonchev–Trinajstić information content (AvgIpc) is 3.17. The molecule has 0 aromatic carbocycles. The van der Waals surface area contributed by atoms with Crippen LogP contribution >= 0.6 is 11.3 Å². The Hall–Kier alpha value is -1.99. The molecule has 3 aromatic rings. The summed E-state index contributed by atoms with van der Waals surface area (Å²) in [6.07, 6.45) is 0.257. The number of nitrogens with zero attached hydrogens (tertiary/aromatic N) is 5. The molecular weight excluding hydrogens is 298 g/mol. The van der Waals surface area contributed by atoms with Gasteiger partial charge in [-0.2, -0.15) is 15.9 Å². The van der Waals surface area contributed by atoms with Crippen molar-refractivity contribution in [1.82, 2.24) is 19.8 Å². The second-order valence-corrected chi connectivity index (χ2v) is 6.39. The van der Waals surface area contributed by atoms with Gasteiger partial charge in [0.1, 0.15) is 11.9 Å². The van der Waals surface area contributed by atoms with E-state index in [2.05, 4.69) is 43.9 Å². The molecule has 0 amide bonds. The number of fused-ring (bicyclic) bond motifs is 1. The highest BCUT2D eigenvalue weighted by atomic mass is 32.1. The molecule has 4 rings (SSSR count). The number of hydrogen-bond donors (Lipinski definition) is 0. The smallest absolute Gasteiger partial charge is 0.178 e. The molecule has 0 aliphatic carbocycles. The van der Waals surface area contributed by atoms with Crippen LogP contribution < -0.4 is 4.90 Å². The Bertz CT molecular complexity index is 784. The van der Waals surface area contributed by atoms with Crippen LogP contribution in [-0.4, -0.2) is 39.0 Å². The van der Waals surface area contributed by atoms with Crippen LogP contribution in [0.15, 0.2) is 29.0 Å². The molecule has 114 valence electrons. The number of anilines is 1. The van der Waals surface area contributed by atoms with Crippen molar-refractivity contribution < 1.29 is 4.74 Å². The first-order chi connectivity index (χ1) is 10.7. The first-order valence-electron chi connectivity index (χ1n) is 7.32. The van der Waals surface area contributed by atoms with Crippen molar-refractivity contribution in [1.29, 1.82) is 0 Å². The fraction of sp³-hybridized carbons (Fsp3) is 0.400. The molecule has 4 heterocycles. The van der Waals surface area contributed by atoms with Crippen molar-refractivity contribution in [3.63, 3.8) is 0 Å². The number of thiophene rings is 1. The third-order valence-electron chi connectivity index (χ3n) is 3.90. The lowest BCUT2D eigenvalue weighted by atomic mass is 10.1. The van der Waals surface area contributed by atoms with Crippen LogP contribution in [0.2, 0.25) is 0 Å². The van der Waals surface area contributed by atoms with Gasteiger partial charge in [-0.05, 0) is 48.4 Å². The van der Waals surface area contributed by atoms with Crippen LogP contribution in [0.5, 0.6) is 0 Å². The standard InChI is InChI=1S/C15H17N5OS/c1-10-7-19(8-13(21-10)12-5-6-22-9-12)15-4-3-14-17-16-11(2)20(14)18-15/h3-6,9-10,13H,7-8H2,1-2H3. The Balaban J connectivity index is 1.66. The first kappa shape index (κ1) is 13.7. The fourth-order valence-corrected chi connectivity index (χ4v) is 3.54. The molecule has 0 saturated carbocycles. The van der Waals surface area contributed by atoms with Crippen molar-refractivity contribution in [2.24, 2.45) is 0 Å². The van der Waals surface area contributed by atoms with Crippen molar-refractivity contribution in [3.05, 3.63) is 40.3 Å². The fourth-order valence-electron chi connectivity index (χ4n) is 2.84. The Morgan fingerprint density at radius 2 is 2.14 bits per heavy atom. The molecule has 0 radical (unpaired) electrons. The van der Waals surface area contributed by atoms with E-state index >= 15 is 0 Å². The zero-order valence-electron chi connectivity index (χ0n) is 12.5. The maximum atomic E-state index is 6.08. The summed E-state index contributed by atoms with van der Waals surface area (Å²) < 4.78 is 7.87. The third kappa shape index (κ3) is 2.36. The normalized spacial score (nSPS) is 22.4. The molecule has 0 N–H and O–H groups in total. The summed E-state index contributed by atoms with van der Waals surface area (Å²) >= 11 is 1.70. The third-order valence-corrected chi connectivity index (χ3v) is 4.61. The molecule has 0 bridgehead atoms. The Labute approximate surface area is 132 Å². The van der Waals surface area contributed by atoms with E-state index in [1.165, 1.54) is 5.56 Å². The summed E-state index contributed by atoms with van der Waals surface area (Å²) in [5, 5.41) is 17.1. The van der Waals surface area contributed by atoms with Gasteiger partial charge in [0.2, 0.25) is 0 Å². The van der Waals surface area contributed by atoms with E-state index in [9.17, 15) is 0 Å². The minimum atomic E-state index is 0.0921. The molecule has 3 aromatic heterocycles. The maximum absolute atomic E-state index is 6.08. The summed E-state index contributed by atoms with van der Waals surface area (Å²) in [5.41, 5.74) is 2.01. The number of rotatable bonds is 2. The lowest BCUT2D eigenvalue weighted by molar-refractivity contribution is -0.0174. The highest BCUT2D eigenvalue weighted by Gasteiger charge is 2.27. The lowest BCUT2D eigenvalue weighted by Gasteiger charge is -2.37. The molecular formula is C15H17N5OS. The average molecular weight is 315 g/mol. The second-order valence-electron chi connectivity index (χ2n) is 5.61. The van der Waals surface area contributed by atoms with Gasteiger partial charge in [0.15, 0.2) is 11.5 Å². The molecule has 0 spiro atoms. The van der Waals surface area contributed by atoms with Gasteiger partial charge < -0.3 is 9.64 Å². The lowest BCUT2D eigenvalue weighted by Crippen LogP contribution is -2.43. The van der Waals surface area contributed by atoms with Gasteiger partial charge in [0.25, 0.3) is 0 Å². The molecule has 2 unspecified atom stereocenters. The van der Waals surface area contributed by atoms with Gasteiger partial charge in [0.05, 0.1) is 6.10 Å². The van der Waals surface area contributed by atoms with Crippen molar-refractivity contribution in [2.45, 2.75) is 26.1 Å². The van der Waals surface area contributed by atoms with Crippen LogP contribution in [0.1, 0.15) is 24.4 Å². The molecule has 7 heteroatoms. The monoisotopic (exact) mass is 315 g/mol. The highest BCUT2D eigenvalue weighted by Crippen LogP contribution is 2.29. The number of ether oxygens (including phenoxy) is 1.